The van der Waals surface area contributed by atoms with Crippen molar-refractivity contribution < 1.29 is 0 Å². The second kappa shape index (κ2) is 3.51. The molecule has 1 rings (SSSR count). The summed E-state index contributed by atoms with van der Waals surface area (Å²) in [6.45, 7) is 0.571. The topological polar surface area (TPSA) is 50.9 Å². The van der Waals surface area contributed by atoms with Crippen molar-refractivity contribution in [1.82, 2.24) is 10.4 Å². The fraction of sp³-hybridized carbons (Fsp3) is 0.167. The van der Waals surface area contributed by atoms with E-state index >= 15 is 0 Å². The van der Waals surface area contributed by atoms with E-state index in [4.69, 9.17) is 17.4 Å². The van der Waals surface area contributed by atoms with E-state index in [0.717, 1.165) is 5.56 Å². The van der Waals surface area contributed by atoms with Gasteiger partial charge in [-0.3, -0.25) is 16.3 Å². The maximum Gasteiger partial charge on any atom is 0.0634 e. The van der Waals surface area contributed by atoms with Gasteiger partial charge in [0, 0.05) is 18.9 Å². The van der Waals surface area contributed by atoms with E-state index in [-0.39, 0.29) is 0 Å². The van der Waals surface area contributed by atoms with Gasteiger partial charge in [-0.25, -0.2) is 0 Å². The van der Waals surface area contributed by atoms with Gasteiger partial charge in [0.05, 0.1) is 5.02 Å². The van der Waals surface area contributed by atoms with E-state index in [1.165, 1.54) is 0 Å². The van der Waals surface area contributed by atoms with Crippen LogP contribution in [-0.4, -0.2) is 4.98 Å². The number of nitrogens with zero attached hydrogens (tertiary/aromatic N) is 1. The largest absolute Gasteiger partial charge is 0.271 e. The highest BCUT2D eigenvalue weighted by Gasteiger charge is 1.95. The van der Waals surface area contributed by atoms with Gasteiger partial charge in [0.1, 0.15) is 0 Å². The van der Waals surface area contributed by atoms with Crippen LogP contribution in [0.4, 0.5) is 0 Å². The molecule has 0 bridgehead atoms. The number of hydrogen-bond donors (Lipinski definition) is 2. The fourth-order valence-corrected chi connectivity index (χ4v) is 0.843. The summed E-state index contributed by atoms with van der Waals surface area (Å²) in [4.78, 5) is 3.83. The SMILES string of the molecule is NNCc1ccncc1Cl. The van der Waals surface area contributed by atoms with E-state index in [9.17, 15) is 0 Å². The molecule has 0 saturated heterocycles. The van der Waals surface area contributed by atoms with Crippen molar-refractivity contribution in [2.75, 3.05) is 0 Å². The van der Waals surface area contributed by atoms with E-state index in [1.807, 2.05) is 6.07 Å². The molecule has 3 nitrogen and oxygen atoms in total. The van der Waals surface area contributed by atoms with Gasteiger partial charge in [-0.1, -0.05) is 11.6 Å². The molecule has 0 aliphatic rings. The summed E-state index contributed by atoms with van der Waals surface area (Å²) in [5.74, 6) is 5.10. The standard InChI is InChI=1S/C6H8ClN3/c7-6-4-9-2-1-5(6)3-10-8/h1-2,4,10H,3,8H2. The molecule has 0 saturated carbocycles. The summed E-state index contributed by atoms with van der Waals surface area (Å²) < 4.78 is 0. The third kappa shape index (κ3) is 1.67. The predicted octanol–water partition coefficient (Wildman–Crippen LogP) is 0.698. The maximum atomic E-state index is 5.74. The molecule has 0 aliphatic carbocycles. The summed E-state index contributed by atoms with van der Waals surface area (Å²) in [6, 6.07) is 1.82. The third-order valence-electron chi connectivity index (χ3n) is 1.15. The van der Waals surface area contributed by atoms with Crippen LogP contribution in [0.2, 0.25) is 5.02 Å². The van der Waals surface area contributed by atoms with Crippen LogP contribution in [0.3, 0.4) is 0 Å². The summed E-state index contributed by atoms with van der Waals surface area (Å²) in [7, 11) is 0. The van der Waals surface area contributed by atoms with Gasteiger partial charge in [0.2, 0.25) is 0 Å². The Bertz CT molecular complexity index is 214. The first-order valence-electron chi connectivity index (χ1n) is 2.86. The van der Waals surface area contributed by atoms with Crippen molar-refractivity contribution in [3.8, 4) is 0 Å². The molecule has 0 fully saturated rings. The minimum atomic E-state index is 0.571. The molecule has 10 heavy (non-hydrogen) atoms. The molecule has 54 valence electrons. The second-order valence-electron chi connectivity index (χ2n) is 1.85. The van der Waals surface area contributed by atoms with Crippen LogP contribution in [0.25, 0.3) is 0 Å². The molecule has 1 aromatic heterocycles. The lowest BCUT2D eigenvalue weighted by atomic mass is 10.3. The molecule has 0 radical (unpaired) electrons. The van der Waals surface area contributed by atoms with Crippen LogP contribution in [0, 0.1) is 0 Å². The number of pyridine rings is 1. The Morgan fingerprint density at radius 3 is 3.10 bits per heavy atom. The first kappa shape index (κ1) is 7.47. The van der Waals surface area contributed by atoms with Crippen molar-refractivity contribution >= 4 is 11.6 Å². The molecule has 0 amide bonds. The van der Waals surface area contributed by atoms with E-state index < -0.39 is 0 Å². The van der Waals surface area contributed by atoms with E-state index in [0.29, 0.717) is 11.6 Å². The highest BCUT2D eigenvalue weighted by Crippen LogP contribution is 2.11. The molecular weight excluding hydrogens is 150 g/mol. The fourth-order valence-electron chi connectivity index (χ4n) is 0.657. The number of hydrogen-bond acceptors (Lipinski definition) is 3. The number of nitrogens with two attached hydrogens (primary N) is 1. The number of rotatable bonds is 2. The monoisotopic (exact) mass is 157 g/mol. The molecule has 3 N–H and O–H groups in total. The second-order valence-corrected chi connectivity index (χ2v) is 2.26. The highest BCUT2D eigenvalue weighted by atomic mass is 35.5. The van der Waals surface area contributed by atoms with Gasteiger partial charge >= 0.3 is 0 Å². The van der Waals surface area contributed by atoms with Crippen molar-refractivity contribution in [2.24, 2.45) is 5.84 Å². The lowest BCUT2D eigenvalue weighted by Crippen LogP contribution is -2.20. The molecule has 1 aromatic rings. The minimum Gasteiger partial charge on any atom is -0.271 e. The van der Waals surface area contributed by atoms with Gasteiger partial charge in [0.15, 0.2) is 0 Å². The van der Waals surface area contributed by atoms with Gasteiger partial charge in [-0.15, -0.1) is 0 Å². The highest BCUT2D eigenvalue weighted by molar-refractivity contribution is 6.31. The molecule has 0 aliphatic heterocycles. The van der Waals surface area contributed by atoms with E-state index in [2.05, 4.69) is 10.4 Å². The molecular formula is C6H8ClN3. The molecule has 0 atom stereocenters. The summed E-state index contributed by atoms with van der Waals surface area (Å²) in [5, 5.41) is 0.639. The zero-order valence-corrected chi connectivity index (χ0v) is 6.10. The quantitative estimate of drug-likeness (QED) is 0.491. The first-order valence-corrected chi connectivity index (χ1v) is 3.24. The van der Waals surface area contributed by atoms with Crippen LogP contribution >= 0.6 is 11.6 Å². The van der Waals surface area contributed by atoms with Crippen molar-refractivity contribution in [1.29, 1.82) is 0 Å². The summed E-state index contributed by atoms with van der Waals surface area (Å²) >= 11 is 5.74. The number of nitrogens with one attached hydrogen (secondary N) is 1. The van der Waals surface area contributed by atoms with Crippen molar-refractivity contribution in [3.05, 3.63) is 29.0 Å². The zero-order chi connectivity index (χ0) is 7.40. The Morgan fingerprint density at radius 1 is 1.70 bits per heavy atom. The van der Waals surface area contributed by atoms with Gasteiger partial charge in [0.25, 0.3) is 0 Å². The normalized spacial score (nSPS) is 9.80. The Hall–Kier alpha value is -0.640. The third-order valence-corrected chi connectivity index (χ3v) is 1.49. The van der Waals surface area contributed by atoms with Crippen LogP contribution in [-0.2, 0) is 6.54 Å². The minimum absolute atomic E-state index is 0.571. The van der Waals surface area contributed by atoms with E-state index in [1.54, 1.807) is 12.4 Å². The Kier molecular flexibility index (Phi) is 2.62. The first-order chi connectivity index (χ1) is 4.84. The van der Waals surface area contributed by atoms with Crippen LogP contribution in [0.1, 0.15) is 5.56 Å². The average molecular weight is 158 g/mol. The lowest BCUT2D eigenvalue weighted by Gasteiger charge is -1.99. The number of hydrazine groups is 1. The Labute approximate surface area is 64.2 Å². The molecule has 1 heterocycles. The number of aromatic nitrogens is 1. The molecule has 0 aromatic carbocycles. The zero-order valence-electron chi connectivity index (χ0n) is 5.34. The van der Waals surface area contributed by atoms with Crippen molar-refractivity contribution in [3.63, 3.8) is 0 Å². The predicted molar refractivity (Wildman–Crippen MR) is 40.3 cm³/mol. The van der Waals surface area contributed by atoms with Gasteiger partial charge in [-0.05, 0) is 11.6 Å². The Balaban J connectivity index is 2.81. The molecule has 0 unspecified atom stereocenters. The lowest BCUT2D eigenvalue weighted by molar-refractivity contribution is 0.740. The van der Waals surface area contributed by atoms with Crippen LogP contribution < -0.4 is 11.3 Å². The van der Waals surface area contributed by atoms with Gasteiger partial charge < -0.3 is 0 Å². The molecule has 0 spiro atoms. The summed E-state index contributed by atoms with van der Waals surface area (Å²) in [6.07, 6.45) is 3.27. The van der Waals surface area contributed by atoms with Gasteiger partial charge in [-0.2, -0.15) is 0 Å². The summed E-state index contributed by atoms with van der Waals surface area (Å²) in [5.41, 5.74) is 3.47. The Morgan fingerprint density at radius 2 is 2.50 bits per heavy atom. The smallest absolute Gasteiger partial charge is 0.0634 e. The van der Waals surface area contributed by atoms with Crippen molar-refractivity contribution in [2.45, 2.75) is 6.54 Å². The number of halogens is 1. The maximum absolute atomic E-state index is 5.74. The van der Waals surface area contributed by atoms with Crippen LogP contribution in [0.5, 0.6) is 0 Å². The van der Waals surface area contributed by atoms with Crippen LogP contribution in [0.15, 0.2) is 18.5 Å². The average Bonchev–Trinajstić information content (AvgIpc) is 1.94. The molecule has 4 heteroatoms.